The molecule has 1 aliphatic carbocycles. The van der Waals surface area contributed by atoms with Gasteiger partial charge in [0.2, 0.25) is 0 Å². The molecule has 1 saturated carbocycles. The van der Waals surface area contributed by atoms with Gasteiger partial charge in [-0.25, -0.2) is 0 Å². The summed E-state index contributed by atoms with van der Waals surface area (Å²) in [5.41, 5.74) is 0.974. The summed E-state index contributed by atoms with van der Waals surface area (Å²) < 4.78 is 5.18. The van der Waals surface area contributed by atoms with Gasteiger partial charge in [-0.1, -0.05) is 25.7 Å². The van der Waals surface area contributed by atoms with Crippen molar-refractivity contribution in [2.75, 3.05) is 25.6 Å². The number of nitrogens with zero attached hydrogens (tertiary/aromatic N) is 1. The molecule has 0 aromatic heterocycles. The number of benzene rings is 1. The Balaban J connectivity index is 2.07. The number of hydrogen-bond donors (Lipinski definition) is 0. The zero-order valence-corrected chi connectivity index (χ0v) is 12.6. The minimum absolute atomic E-state index is 0.162. The Morgan fingerprint density at radius 3 is 2.25 bits per heavy atom. The average molecular weight is 275 g/mol. The quantitative estimate of drug-likeness (QED) is 0.606. The van der Waals surface area contributed by atoms with E-state index in [-0.39, 0.29) is 5.41 Å². The first-order valence-electron chi connectivity index (χ1n) is 7.51. The van der Waals surface area contributed by atoms with Crippen LogP contribution in [0.3, 0.4) is 0 Å². The molecule has 20 heavy (non-hydrogen) atoms. The minimum atomic E-state index is -0.162. The standard InChI is InChI=1S/C17H25NO2/c1-18(15-7-9-16(20-2)10-8-15)13-17(14-19)11-5-3-4-6-12-17/h7-10,14H,3-6,11-13H2,1-2H3. The van der Waals surface area contributed by atoms with E-state index in [0.717, 1.165) is 30.8 Å². The van der Waals surface area contributed by atoms with Gasteiger partial charge in [-0.05, 0) is 37.1 Å². The van der Waals surface area contributed by atoms with Crippen molar-refractivity contribution in [1.29, 1.82) is 0 Å². The molecule has 110 valence electrons. The molecule has 0 radical (unpaired) electrons. The summed E-state index contributed by atoms with van der Waals surface area (Å²) in [4.78, 5) is 13.8. The number of methoxy groups -OCH3 is 1. The Bertz CT molecular complexity index is 419. The van der Waals surface area contributed by atoms with Gasteiger partial charge in [0.05, 0.1) is 7.11 Å². The van der Waals surface area contributed by atoms with Gasteiger partial charge in [-0.3, -0.25) is 0 Å². The van der Waals surface area contributed by atoms with Gasteiger partial charge in [0.1, 0.15) is 12.0 Å². The maximum atomic E-state index is 11.7. The second-order valence-electron chi connectivity index (χ2n) is 5.95. The second kappa shape index (κ2) is 6.78. The fourth-order valence-corrected chi connectivity index (χ4v) is 3.15. The Morgan fingerprint density at radius 2 is 1.75 bits per heavy atom. The van der Waals surface area contributed by atoms with Crippen molar-refractivity contribution in [3.05, 3.63) is 24.3 Å². The predicted octanol–water partition coefficient (Wildman–Crippen LogP) is 3.67. The van der Waals surface area contributed by atoms with Crippen LogP contribution in [0.4, 0.5) is 5.69 Å². The number of ether oxygens (including phenoxy) is 1. The van der Waals surface area contributed by atoms with Gasteiger partial charge in [-0.2, -0.15) is 0 Å². The molecule has 0 amide bonds. The van der Waals surface area contributed by atoms with E-state index in [9.17, 15) is 4.79 Å². The van der Waals surface area contributed by atoms with Crippen molar-refractivity contribution in [3.8, 4) is 5.75 Å². The van der Waals surface area contributed by atoms with E-state index >= 15 is 0 Å². The highest BCUT2D eigenvalue weighted by molar-refractivity contribution is 5.62. The van der Waals surface area contributed by atoms with Gasteiger partial charge in [0, 0.05) is 24.7 Å². The topological polar surface area (TPSA) is 29.5 Å². The molecule has 0 aliphatic heterocycles. The molecule has 1 aromatic rings. The van der Waals surface area contributed by atoms with Gasteiger partial charge in [0.25, 0.3) is 0 Å². The van der Waals surface area contributed by atoms with Crippen molar-refractivity contribution >= 4 is 12.0 Å². The van der Waals surface area contributed by atoms with Gasteiger partial charge < -0.3 is 14.4 Å². The molecular formula is C17H25NO2. The van der Waals surface area contributed by atoms with Crippen LogP contribution in [-0.4, -0.2) is 27.0 Å². The molecule has 0 bridgehead atoms. The summed E-state index contributed by atoms with van der Waals surface area (Å²) in [6.07, 6.45) is 8.14. The van der Waals surface area contributed by atoms with E-state index in [1.165, 1.54) is 32.0 Å². The van der Waals surface area contributed by atoms with Crippen LogP contribution in [0.5, 0.6) is 5.75 Å². The third-order valence-electron chi connectivity index (χ3n) is 4.41. The third kappa shape index (κ3) is 3.53. The Kier molecular flexibility index (Phi) is 5.05. The predicted molar refractivity (Wildman–Crippen MR) is 82.5 cm³/mol. The van der Waals surface area contributed by atoms with Crippen LogP contribution in [0, 0.1) is 5.41 Å². The first kappa shape index (κ1) is 14.9. The molecular weight excluding hydrogens is 250 g/mol. The van der Waals surface area contributed by atoms with Gasteiger partial charge >= 0.3 is 0 Å². The third-order valence-corrected chi connectivity index (χ3v) is 4.41. The normalized spacial score (nSPS) is 18.1. The van der Waals surface area contributed by atoms with Crippen LogP contribution < -0.4 is 9.64 Å². The zero-order chi connectivity index (χ0) is 14.4. The molecule has 0 saturated heterocycles. The highest BCUT2D eigenvalue weighted by atomic mass is 16.5. The molecule has 0 atom stereocenters. The van der Waals surface area contributed by atoms with Crippen LogP contribution in [-0.2, 0) is 4.79 Å². The van der Waals surface area contributed by atoms with Crippen molar-refractivity contribution in [1.82, 2.24) is 0 Å². The summed E-state index contributed by atoms with van der Waals surface area (Å²) >= 11 is 0. The van der Waals surface area contributed by atoms with Crippen molar-refractivity contribution in [3.63, 3.8) is 0 Å². The van der Waals surface area contributed by atoms with Crippen LogP contribution in [0.25, 0.3) is 0 Å². The Morgan fingerprint density at radius 1 is 1.15 bits per heavy atom. The summed E-state index contributed by atoms with van der Waals surface area (Å²) in [6, 6.07) is 8.03. The number of carbonyl (C=O) groups is 1. The van der Waals surface area contributed by atoms with Crippen LogP contribution in [0.1, 0.15) is 38.5 Å². The molecule has 0 heterocycles. The first-order chi connectivity index (χ1) is 9.69. The summed E-state index contributed by atoms with van der Waals surface area (Å²) in [6.45, 7) is 0.808. The van der Waals surface area contributed by atoms with Crippen LogP contribution in [0.2, 0.25) is 0 Å². The molecule has 1 aromatic carbocycles. The van der Waals surface area contributed by atoms with Crippen LogP contribution in [0.15, 0.2) is 24.3 Å². The maximum absolute atomic E-state index is 11.7. The minimum Gasteiger partial charge on any atom is -0.497 e. The van der Waals surface area contributed by atoms with E-state index < -0.39 is 0 Å². The largest absolute Gasteiger partial charge is 0.497 e. The van der Waals surface area contributed by atoms with Crippen molar-refractivity contribution in [2.45, 2.75) is 38.5 Å². The molecule has 0 unspecified atom stereocenters. The number of anilines is 1. The smallest absolute Gasteiger partial charge is 0.127 e. The van der Waals surface area contributed by atoms with E-state index in [4.69, 9.17) is 4.74 Å². The molecule has 1 fully saturated rings. The molecule has 3 heteroatoms. The summed E-state index contributed by atoms with van der Waals surface area (Å²) in [7, 11) is 3.74. The number of carbonyl (C=O) groups excluding carboxylic acids is 1. The van der Waals surface area contributed by atoms with Gasteiger partial charge in [0.15, 0.2) is 0 Å². The second-order valence-corrected chi connectivity index (χ2v) is 5.95. The van der Waals surface area contributed by atoms with Crippen molar-refractivity contribution in [2.24, 2.45) is 5.41 Å². The van der Waals surface area contributed by atoms with E-state index in [1.807, 2.05) is 24.3 Å². The number of aldehydes is 1. The Hall–Kier alpha value is -1.51. The number of rotatable bonds is 5. The average Bonchev–Trinajstić information content (AvgIpc) is 2.73. The van der Waals surface area contributed by atoms with E-state index in [0.29, 0.717) is 0 Å². The lowest BCUT2D eigenvalue weighted by molar-refractivity contribution is -0.116. The molecule has 1 aliphatic rings. The number of hydrogen-bond acceptors (Lipinski definition) is 3. The van der Waals surface area contributed by atoms with E-state index in [1.54, 1.807) is 7.11 Å². The Labute approximate surface area is 121 Å². The highest BCUT2D eigenvalue weighted by Crippen LogP contribution is 2.35. The lowest BCUT2D eigenvalue weighted by atomic mass is 9.81. The highest BCUT2D eigenvalue weighted by Gasteiger charge is 2.31. The zero-order valence-electron chi connectivity index (χ0n) is 12.6. The lowest BCUT2D eigenvalue weighted by Crippen LogP contribution is -2.36. The maximum Gasteiger partial charge on any atom is 0.127 e. The molecule has 2 rings (SSSR count). The molecule has 0 N–H and O–H groups in total. The summed E-state index contributed by atoms with van der Waals surface area (Å²) in [5.74, 6) is 0.863. The monoisotopic (exact) mass is 275 g/mol. The summed E-state index contributed by atoms with van der Waals surface area (Å²) in [5, 5.41) is 0. The molecule has 3 nitrogen and oxygen atoms in total. The van der Waals surface area contributed by atoms with E-state index in [2.05, 4.69) is 11.9 Å². The van der Waals surface area contributed by atoms with Crippen LogP contribution >= 0.6 is 0 Å². The van der Waals surface area contributed by atoms with Crippen molar-refractivity contribution < 1.29 is 9.53 Å². The van der Waals surface area contributed by atoms with Gasteiger partial charge in [-0.15, -0.1) is 0 Å². The fraction of sp³-hybridized carbons (Fsp3) is 0.588. The SMILES string of the molecule is COc1ccc(N(C)CC2(C=O)CCCCCC2)cc1. The fourth-order valence-electron chi connectivity index (χ4n) is 3.15. The lowest BCUT2D eigenvalue weighted by Gasteiger charge is -2.32. The first-order valence-corrected chi connectivity index (χ1v) is 7.51. The molecule has 0 spiro atoms.